The van der Waals surface area contributed by atoms with Crippen molar-refractivity contribution in [2.45, 2.75) is 135 Å². The molecule has 0 aliphatic heterocycles. The molecule has 0 amide bonds. The Morgan fingerprint density at radius 1 is 0.660 bits per heavy atom. The Labute approximate surface area is 338 Å². The molecule has 3 nitrogen and oxygen atoms in total. The molecule has 2 aliphatic rings. The van der Waals surface area contributed by atoms with E-state index in [1.54, 1.807) is 5.30 Å². The molecule has 290 valence electrons. The van der Waals surface area contributed by atoms with Crippen LogP contribution in [0.2, 0.25) is 0 Å². The first kappa shape index (κ1) is 43.4. The summed E-state index contributed by atoms with van der Waals surface area (Å²) < 4.78 is 12.6. The Bertz CT molecular complexity index is 1650. The second-order valence-electron chi connectivity index (χ2n) is 15.7. The van der Waals surface area contributed by atoms with Crippen LogP contribution in [-0.4, -0.2) is 25.5 Å². The van der Waals surface area contributed by atoms with Crippen molar-refractivity contribution < 1.29 is 27.7 Å². The number of para-hydroxylation sites is 1. The third kappa shape index (κ3) is 10.9. The predicted molar refractivity (Wildman–Crippen MR) is 230 cm³/mol. The number of hydrogen-bond acceptors (Lipinski definition) is 3. The number of rotatable bonds is 10. The van der Waals surface area contributed by atoms with Crippen LogP contribution in [0.15, 0.2) is 72.8 Å². The maximum absolute atomic E-state index is 6.30. The van der Waals surface area contributed by atoms with Gasteiger partial charge >= 0.3 is 27.7 Å². The van der Waals surface area contributed by atoms with Crippen LogP contribution in [0.1, 0.15) is 140 Å². The molecule has 0 heterocycles. The molecule has 2 saturated carbocycles. The van der Waals surface area contributed by atoms with Gasteiger partial charge in [-0.05, 0) is 115 Å². The van der Waals surface area contributed by atoms with Gasteiger partial charge in [0.25, 0.3) is 0 Å². The molecule has 4 aromatic rings. The molecule has 0 spiro atoms. The zero-order valence-corrected chi connectivity index (χ0v) is 36.8. The third-order valence-electron chi connectivity index (χ3n) is 11.3. The Morgan fingerprint density at radius 3 is 1.62 bits per heavy atom. The van der Waals surface area contributed by atoms with E-state index in [9.17, 15) is 0 Å². The van der Waals surface area contributed by atoms with E-state index in [1.807, 2.05) is 62.8 Å². The first-order valence-electron chi connectivity index (χ1n) is 19.9. The molecule has 0 radical (unpaired) electrons. The Balaban J connectivity index is 0.000000348. The van der Waals surface area contributed by atoms with Gasteiger partial charge in [0.2, 0.25) is 0 Å². The topological polar surface area (TPSA) is 44.5 Å². The molecule has 6 rings (SSSR count). The summed E-state index contributed by atoms with van der Waals surface area (Å²) in [6, 6.07) is 28.2. The van der Waals surface area contributed by atoms with Crippen molar-refractivity contribution in [3.05, 3.63) is 95.6 Å². The van der Waals surface area contributed by atoms with Crippen molar-refractivity contribution in [2.75, 3.05) is 20.0 Å². The average molecular weight is 848 g/mol. The summed E-state index contributed by atoms with van der Waals surface area (Å²) in [7, 11) is 7.36. The van der Waals surface area contributed by atoms with E-state index in [4.69, 9.17) is 15.2 Å². The zero-order valence-electron chi connectivity index (χ0n) is 33.5. The minimum atomic E-state index is -0.889. The number of methoxy groups -OCH3 is 2. The van der Waals surface area contributed by atoms with Crippen LogP contribution in [0.25, 0.3) is 22.3 Å². The summed E-state index contributed by atoms with van der Waals surface area (Å²) in [4.78, 5) is 0. The van der Waals surface area contributed by atoms with E-state index in [0.717, 1.165) is 39.6 Å². The Morgan fingerprint density at radius 2 is 1.17 bits per heavy atom. The van der Waals surface area contributed by atoms with Crippen LogP contribution >= 0.6 is 17.5 Å². The Hall–Kier alpha value is -2.34. The average Bonchev–Trinajstić information content (AvgIpc) is 3.19. The van der Waals surface area contributed by atoms with Gasteiger partial charge in [-0.1, -0.05) is 90.3 Å². The molecule has 0 saturated heterocycles. The van der Waals surface area contributed by atoms with Gasteiger partial charge in [-0.15, -0.1) is 35.9 Å². The van der Waals surface area contributed by atoms with Crippen molar-refractivity contribution in [3.8, 4) is 33.8 Å². The van der Waals surface area contributed by atoms with E-state index < -0.39 is 7.92 Å². The van der Waals surface area contributed by atoms with E-state index in [1.165, 1.54) is 92.0 Å². The molecule has 0 atom stereocenters. The van der Waals surface area contributed by atoms with Crippen molar-refractivity contribution >= 4 is 28.4 Å². The van der Waals surface area contributed by atoms with Crippen LogP contribution in [-0.2, 0) is 18.2 Å². The maximum atomic E-state index is 6.30. The summed E-state index contributed by atoms with van der Waals surface area (Å²) in [5.74, 6) is 3.53. The first-order chi connectivity index (χ1) is 25.7. The summed E-state index contributed by atoms with van der Waals surface area (Å²) in [6.45, 7) is 14.1. The molecule has 2 N–H and O–H groups in total. The fourth-order valence-corrected chi connectivity index (χ4v) is 13.1. The van der Waals surface area contributed by atoms with Crippen molar-refractivity contribution in [1.29, 1.82) is 0 Å². The van der Waals surface area contributed by atoms with Gasteiger partial charge in [0.05, 0.1) is 31.1 Å². The number of hydrogen-bond donors (Lipinski definition) is 1. The van der Waals surface area contributed by atoms with Gasteiger partial charge in [-0.3, -0.25) is 0 Å². The normalized spacial score (nSPS) is 15.2. The number of anilines is 1. The molecule has 6 heteroatoms. The van der Waals surface area contributed by atoms with E-state index >= 15 is 0 Å². The van der Waals surface area contributed by atoms with Crippen LogP contribution in [0.5, 0.6) is 11.5 Å². The van der Waals surface area contributed by atoms with E-state index in [2.05, 4.69) is 99.6 Å². The molecular formula is C47H64ClNO2PPd+. The zero-order chi connectivity index (χ0) is 38.5. The molecule has 2 fully saturated rings. The van der Waals surface area contributed by atoms with E-state index in [0.29, 0.717) is 17.8 Å². The molecule has 0 aromatic heterocycles. The number of halogens is 1. The molecule has 0 unspecified atom stereocenters. The number of nitrogen functional groups attached to an aromatic ring is 1. The standard InChI is InChI=1S/C35H53O2P.C12H10N.ClH.Pd/c1-23(2)26-21-29(24(3)4)33(30(22-26)25(5)6)34-31(36-7)19-20-32(37-8)35(34)38(27-15-11-9-12-16-27)28-17-13-10-14-18-28;13-12-9-5-4-8-11(12)10-6-2-1-3-7-10;;/h19-25,27-28H,9-18H2,1-8H3;1-6,8-9H,13H2;1H;/q;-1;;+2. The molecule has 53 heavy (non-hydrogen) atoms. The van der Waals surface area contributed by atoms with Gasteiger partial charge in [0, 0.05) is 7.92 Å². The quantitative estimate of drug-likeness (QED) is 0.0748. The number of benzene rings is 4. The second-order valence-corrected chi connectivity index (χ2v) is 18.8. The van der Waals surface area contributed by atoms with Crippen molar-refractivity contribution in [1.82, 2.24) is 0 Å². The second kappa shape index (κ2) is 21.7. The first-order valence-corrected chi connectivity index (χ1v) is 23.5. The molecule has 0 bridgehead atoms. The third-order valence-corrected chi connectivity index (χ3v) is 15.3. The van der Waals surface area contributed by atoms with Gasteiger partial charge in [0.1, 0.15) is 11.1 Å². The predicted octanol–water partition coefficient (Wildman–Crippen LogP) is 13.7. The molecular weight excluding hydrogens is 783 g/mol. The summed E-state index contributed by atoms with van der Waals surface area (Å²) >= 11 is 2.22. The van der Waals surface area contributed by atoms with Gasteiger partial charge in [-0.2, -0.15) is 0 Å². The van der Waals surface area contributed by atoms with Gasteiger partial charge in [0.15, 0.2) is 5.75 Å². The van der Waals surface area contributed by atoms with Crippen LogP contribution in [0.4, 0.5) is 5.69 Å². The van der Waals surface area contributed by atoms with Gasteiger partial charge < -0.3 is 15.2 Å². The monoisotopic (exact) mass is 846 g/mol. The fraction of sp³-hybridized carbons (Fsp3) is 0.489. The van der Waals surface area contributed by atoms with Crippen LogP contribution in [0.3, 0.4) is 0 Å². The molecule has 4 aromatic carbocycles. The van der Waals surface area contributed by atoms with Gasteiger partial charge in [-0.25, -0.2) is 0 Å². The number of nitrogens with two attached hydrogens (primary N) is 1. The van der Waals surface area contributed by atoms with Crippen LogP contribution in [0, 0.1) is 6.07 Å². The minimum absolute atomic E-state index is 0.435. The van der Waals surface area contributed by atoms with Crippen molar-refractivity contribution in [3.63, 3.8) is 0 Å². The summed E-state index contributed by atoms with van der Waals surface area (Å²) in [6.07, 6.45) is 14.0. The summed E-state index contributed by atoms with van der Waals surface area (Å²) in [5.41, 5.74) is 17.6. The van der Waals surface area contributed by atoms with E-state index in [-0.39, 0.29) is 0 Å². The van der Waals surface area contributed by atoms with Crippen molar-refractivity contribution in [2.24, 2.45) is 0 Å². The molecule has 2 aliphatic carbocycles. The summed E-state index contributed by atoms with van der Waals surface area (Å²) in [5, 5.41) is 1.55. The number of ether oxygens (including phenoxy) is 2. The fourth-order valence-electron chi connectivity index (χ4n) is 8.56. The van der Waals surface area contributed by atoms with Crippen LogP contribution < -0.4 is 20.5 Å². The SMILES string of the molecule is COc1ccc(OC)c([PH+](C2CCCCC2)C2CCCCC2)c1-c1c(C(C)C)cc(C(C)C)cc1C(C)C.Nc1ccccc1-c1[c-]cccc1.[Cl][Pd+]. The Kier molecular flexibility index (Phi) is 17.7.